The highest BCUT2D eigenvalue weighted by molar-refractivity contribution is 7.90. The molecule has 0 fully saturated rings. The molecular weight excluding hydrogens is 332 g/mol. The first-order valence-electron chi connectivity index (χ1n) is 9.46. The van der Waals surface area contributed by atoms with Crippen LogP contribution < -0.4 is 9.62 Å². The molecule has 25 heavy (non-hydrogen) atoms. The zero-order valence-corrected chi connectivity index (χ0v) is 17.5. The Balaban J connectivity index is 2.25. The molecule has 1 rings (SSSR count). The summed E-state index contributed by atoms with van der Waals surface area (Å²) in [4.78, 5) is 2.27. The van der Waals surface area contributed by atoms with Crippen LogP contribution in [-0.2, 0) is 16.4 Å². The molecule has 0 saturated heterocycles. The van der Waals surface area contributed by atoms with Gasteiger partial charge >= 0.3 is 0 Å². The molecule has 0 aliphatic heterocycles. The van der Waals surface area contributed by atoms with E-state index in [0.717, 1.165) is 32.2 Å². The number of rotatable bonds is 11. The minimum absolute atomic E-state index is 0.523. The van der Waals surface area contributed by atoms with E-state index in [1.807, 2.05) is 0 Å². The van der Waals surface area contributed by atoms with Gasteiger partial charge < -0.3 is 4.90 Å². The lowest BCUT2D eigenvalue weighted by atomic mass is 10.1. The van der Waals surface area contributed by atoms with E-state index < -0.39 is 14.8 Å². The van der Waals surface area contributed by atoms with Gasteiger partial charge in [0.15, 0.2) is 0 Å². The molecule has 0 atom stereocenters. The molecular formula is C20H36N2O2S. The zero-order chi connectivity index (χ0) is 18.9. The summed E-state index contributed by atoms with van der Waals surface area (Å²) in [5.41, 5.74) is 2.65. The number of unbranched alkanes of at least 4 members (excludes halogenated alkanes) is 3. The molecule has 5 heteroatoms. The molecule has 0 heterocycles. The first kappa shape index (κ1) is 22.0. The lowest BCUT2D eigenvalue weighted by molar-refractivity contribution is 0.540. The Kier molecular flexibility index (Phi) is 8.94. The van der Waals surface area contributed by atoms with Gasteiger partial charge in [0.05, 0.1) is 4.75 Å². The summed E-state index contributed by atoms with van der Waals surface area (Å²) in [7, 11) is -1.10. The van der Waals surface area contributed by atoms with Crippen LogP contribution in [0.3, 0.4) is 0 Å². The molecule has 0 amide bonds. The molecule has 0 aliphatic carbocycles. The Morgan fingerprint density at radius 3 is 2.20 bits per heavy atom. The van der Waals surface area contributed by atoms with Crippen molar-refractivity contribution in [3.63, 3.8) is 0 Å². The SMILES string of the molecule is CCCCc1ccc(N(C)CCCCCNS(=O)(=O)C(C)(C)C)cc1. The Morgan fingerprint density at radius 1 is 1.00 bits per heavy atom. The van der Waals surface area contributed by atoms with Crippen LogP contribution in [-0.4, -0.2) is 33.3 Å². The highest BCUT2D eigenvalue weighted by atomic mass is 32.2. The van der Waals surface area contributed by atoms with Crippen LogP contribution in [0.25, 0.3) is 0 Å². The average molecular weight is 369 g/mol. The number of hydrogen-bond acceptors (Lipinski definition) is 3. The average Bonchev–Trinajstić information content (AvgIpc) is 2.55. The van der Waals surface area contributed by atoms with E-state index in [2.05, 4.69) is 47.9 Å². The van der Waals surface area contributed by atoms with Crippen LogP contribution in [0.2, 0.25) is 0 Å². The lowest BCUT2D eigenvalue weighted by Gasteiger charge is -2.20. The van der Waals surface area contributed by atoms with E-state index >= 15 is 0 Å². The second-order valence-electron chi connectivity index (χ2n) is 7.76. The second kappa shape index (κ2) is 10.2. The molecule has 4 nitrogen and oxygen atoms in total. The van der Waals surface area contributed by atoms with Crippen LogP contribution >= 0.6 is 0 Å². The van der Waals surface area contributed by atoms with E-state index in [1.165, 1.54) is 24.1 Å². The van der Waals surface area contributed by atoms with Gasteiger partial charge in [-0.2, -0.15) is 0 Å². The third kappa shape index (κ3) is 7.78. The number of benzene rings is 1. The first-order valence-corrected chi connectivity index (χ1v) is 10.9. The zero-order valence-electron chi connectivity index (χ0n) is 16.6. The van der Waals surface area contributed by atoms with Crippen molar-refractivity contribution in [1.82, 2.24) is 4.72 Å². The van der Waals surface area contributed by atoms with Gasteiger partial charge in [0, 0.05) is 25.8 Å². The summed E-state index contributed by atoms with van der Waals surface area (Å²) < 4.78 is 25.9. The Hall–Kier alpha value is -1.07. The largest absolute Gasteiger partial charge is 0.375 e. The normalized spacial score (nSPS) is 12.4. The van der Waals surface area contributed by atoms with Crippen molar-refractivity contribution in [2.45, 2.75) is 71.0 Å². The molecule has 0 saturated carbocycles. The molecule has 1 N–H and O–H groups in total. The van der Waals surface area contributed by atoms with Crippen molar-refractivity contribution >= 4 is 15.7 Å². The maximum Gasteiger partial charge on any atom is 0.216 e. The van der Waals surface area contributed by atoms with Gasteiger partial charge in [0.1, 0.15) is 0 Å². The van der Waals surface area contributed by atoms with E-state index in [1.54, 1.807) is 20.8 Å². The van der Waals surface area contributed by atoms with Gasteiger partial charge in [0.2, 0.25) is 10.0 Å². The topological polar surface area (TPSA) is 49.4 Å². The summed E-state index contributed by atoms with van der Waals surface area (Å²) in [6.45, 7) is 8.89. The quantitative estimate of drug-likeness (QED) is 0.591. The maximum atomic E-state index is 12.0. The minimum atomic E-state index is -3.22. The molecule has 0 aliphatic rings. The third-order valence-corrected chi connectivity index (χ3v) is 6.66. The van der Waals surface area contributed by atoms with Crippen molar-refractivity contribution in [3.05, 3.63) is 29.8 Å². The van der Waals surface area contributed by atoms with E-state index in [9.17, 15) is 8.42 Å². The Labute approximate surface area is 155 Å². The van der Waals surface area contributed by atoms with E-state index in [-0.39, 0.29) is 0 Å². The summed E-state index contributed by atoms with van der Waals surface area (Å²) >= 11 is 0. The molecule has 144 valence electrons. The van der Waals surface area contributed by atoms with Crippen LogP contribution in [0.1, 0.15) is 65.4 Å². The van der Waals surface area contributed by atoms with Gasteiger partial charge in [-0.1, -0.05) is 31.9 Å². The van der Waals surface area contributed by atoms with Crippen molar-refractivity contribution < 1.29 is 8.42 Å². The summed E-state index contributed by atoms with van der Waals surface area (Å²) in [5, 5.41) is 0. The van der Waals surface area contributed by atoms with Crippen molar-refractivity contribution in [3.8, 4) is 0 Å². The maximum absolute atomic E-state index is 12.0. The van der Waals surface area contributed by atoms with Crippen LogP contribution in [0.4, 0.5) is 5.69 Å². The van der Waals surface area contributed by atoms with Crippen LogP contribution in [0, 0.1) is 0 Å². The number of hydrogen-bond donors (Lipinski definition) is 1. The number of sulfonamides is 1. The summed E-state index contributed by atoms with van der Waals surface area (Å²) in [6.07, 6.45) is 6.59. The van der Waals surface area contributed by atoms with Gasteiger partial charge in [-0.25, -0.2) is 13.1 Å². The summed E-state index contributed by atoms with van der Waals surface area (Å²) in [6, 6.07) is 8.84. The van der Waals surface area contributed by atoms with Gasteiger partial charge in [-0.15, -0.1) is 0 Å². The first-order chi connectivity index (χ1) is 11.7. The van der Waals surface area contributed by atoms with E-state index in [0.29, 0.717) is 6.54 Å². The number of nitrogens with zero attached hydrogens (tertiary/aromatic N) is 1. The summed E-state index contributed by atoms with van der Waals surface area (Å²) in [5.74, 6) is 0. The molecule has 0 aromatic heterocycles. The molecule has 1 aromatic rings. The Bertz CT molecular complexity index is 589. The predicted molar refractivity (Wildman–Crippen MR) is 109 cm³/mol. The van der Waals surface area contributed by atoms with Crippen LogP contribution in [0.5, 0.6) is 0 Å². The fourth-order valence-corrected chi connectivity index (χ4v) is 3.35. The predicted octanol–water partition coefficient (Wildman–Crippen LogP) is 4.35. The third-order valence-electron chi connectivity index (χ3n) is 4.46. The molecule has 1 aromatic carbocycles. The van der Waals surface area contributed by atoms with Crippen molar-refractivity contribution in [1.29, 1.82) is 0 Å². The van der Waals surface area contributed by atoms with Gasteiger partial charge in [-0.3, -0.25) is 0 Å². The highest BCUT2D eigenvalue weighted by Gasteiger charge is 2.27. The second-order valence-corrected chi connectivity index (χ2v) is 10.3. The number of aryl methyl sites for hydroxylation is 1. The van der Waals surface area contributed by atoms with Crippen LogP contribution in [0.15, 0.2) is 24.3 Å². The van der Waals surface area contributed by atoms with Crippen molar-refractivity contribution in [2.75, 3.05) is 25.0 Å². The molecule has 0 spiro atoms. The smallest absolute Gasteiger partial charge is 0.216 e. The molecule has 0 bridgehead atoms. The number of anilines is 1. The van der Waals surface area contributed by atoms with Gasteiger partial charge in [0.25, 0.3) is 0 Å². The highest BCUT2D eigenvalue weighted by Crippen LogP contribution is 2.16. The number of nitrogens with one attached hydrogen (secondary N) is 1. The minimum Gasteiger partial charge on any atom is -0.375 e. The lowest BCUT2D eigenvalue weighted by Crippen LogP contribution is -2.39. The molecule has 0 radical (unpaired) electrons. The standard InChI is InChI=1S/C20H36N2O2S/c1-6-7-11-18-12-14-19(15-13-18)22(5)17-10-8-9-16-21-25(23,24)20(2,3)4/h12-15,21H,6-11,16-17H2,1-5H3. The fourth-order valence-electron chi connectivity index (χ4n) is 2.50. The molecule has 0 unspecified atom stereocenters. The fraction of sp³-hybridized carbons (Fsp3) is 0.700. The van der Waals surface area contributed by atoms with Gasteiger partial charge in [-0.05, 0) is 64.2 Å². The van der Waals surface area contributed by atoms with E-state index in [4.69, 9.17) is 0 Å². The Morgan fingerprint density at radius 2 is 1.64 bits per heavy atom. The van der Waals surface area contributed by atoms with Crippen molar-refractivity contribution in [2.24, 2.45) is 0 Å². The monoisotopic (exact) mass is 368 g/mol.